The third-order valence-corrected chi connectivity index (χ3v) is 5.21. The summed E-state index contributed by atoms with van der Waals surface area (Å²) in [6.45, 7) is 3.50. The van der Waals surface area contributed by atoms with Crippen LogP contribution in [0, 0.1) is 6.92 Å². The minimum Gasteiger partial charge on any atom is -0.476 e. The zero-order valence-corrected chi connectivity index (χ0v) is 14.9. The van der Waals surface area contributed by atoms with Crippen molar-refractivity contribution < 1.29 is 9.53 Å². The van der Waals surface area contributed by atoms with Gasteiger partial charge in [0.1, 0.15) is 6.61 Å². The van der Waals surface area contributed by atoms with Crippen molar-refractivity contribution in [2.24, 2.45) is 4.99 Å². The number of carbonyl (C=O) groups excluding carboxylic acids is 1. The van der Waals surface area contributed by atoms with E-state index in [1.807, 2.05) is 19.1 Å². The third-order valence-electron chi connectivity index (χ3n) is 4.17. The fraction of sp³-hybridized carbons (Fsp3) is 0.400. The molecule has 126 valence electrons. The molecule has 1 aliphatic heterocycles. The molecule has 0 fully saturated rings. The summed E-state index contributed by atoms with van der Waals surface area (Å²) >= 11 is 1.60. The summed E-state index contributed by atoms with van der Waals surface area (Å²) in [6.07, 6.45) is 4.90. The lowest BCUT2D eigenvalue weighted by Gasteiger charge is -2.05. The van der Waals surface area contributed by atoms with Crippen LogP contribution in [0.4, 0.5) is 0 Å². The lowest BCUT2D eigenvalue weighted by Crippen LogP contribution is -2.01. The number of unbranched alkanes of at least 4 members (excludes halogenated alkanes) is 2. The highest BCUT2D eigenvalue weighted by molar-refractivity contribution is 7.14. The first-order valence-electron chi connectivity index (χ1n) is 8.58. The number of hydrogen-bond donors (Lipinski definition) is 0. The van der Waals surface area contributed by atoms with Crippen LogP contribution >= 0.6 is 11.3 Å². The van der Waals surface area contributed by atoms with Gasteiger partial charge in [0.15, 0.2) is 5.78 Å². The van der Waals surface area contributed by atoms with E-state index in [1.54, 1.807) is 11.3 Å². The Morgan fingerprint density at radius 1 is 1.12 bits per heavy atom. The maximum Gasteiger partial charge on any atom is 0.216 e. The van der Waals surface area contributed by atoms with Crippen LogP contribution in [0.1, 0.15) is 51.4 Å². The van der Waals surface area contributed by atoms with Crippen LogP contribution in [0.15, 0.2) is 41.4 Å². The SMILES string of the molecule is Cc1ccc(C(=O)CCCCCc2ccc(C3=NCCO3)cc2)s1. The molecule has 24 heavy (non-hydrogen) atoms. The molecule has 2 aromatic rings. The minimum absolute atomic E-state index is 0.287. The van der Waals surface area contributed by atoms with Crippen LogP contribution in [0.2, 0.25) is 0 Å². The van der Waals surface area contributed by atoms with E-state index in [-0.39, 0.29) is 5.78 Å². The zero-order valence-electron chi connectivity index (χ0n) is 14.1. The molecule has 0 aliphatic carbocycles. The van der Waals surface area contributed by atoms with Gasteiger partial charge in [0.25, 0.3) is 0 Å². The Labute approximate surface area is 147 Å². The van der Waals surface area contributed by atoms with E-state index >= 15 is 0 Å². The number of hydrogen-bond acceptors (Lipinski definition) is 4. The molecule has 3 rings (SSSR count). The van der Waals surface area contributed by atoms with E-state index < -0.39 is 0 Å². The van der Waals surface area contributed by atoms with Crippen LogP contribution in [-0.2, 0) is 11.2 Å². The Kier molecular flexibility index (Phi) is 5.81. The van der Waals surface area contributed by atoms with Gasteiger partial charge in [-0.15, -0.1) is 11.3 Å². The van der Waals surface area contributed by atoms with Crippen molar-refractivity contribution >= 4 is 23.0 Å². The predicted octanol–water partition coefficient (Wildman–Crippen LogP) is 4.82. The molecule has 0 saturated heterocycles. The van der Waals surface area contributed by atoms with Crippen molar-refractivity contribution in [1.29, 1.82) is 0 Å². The number of benzene rings is 1. The Hall–Kier alpha value is -1.94. The van der Waals surface area contributed by atoms with Gasteiger partial charge < -0.3 is 4.74 Å². The first-order valence-corrected chi connectivity index (χ1v) is 9.40. The zero-order chi connectivity index (χ0) is 16.8. The summed E-state index contributed by atoms with van der Waals surface area (Å²) in [6, 6.07) is 12.4. The smallest absolute Gasteiger partial charge is 0.216 e. The first-order chi connectivity index (χ1) is 11.7. The van der Waals surface area contributed by atoms with Crippen LogP contribution in [0.5, 0.6) is 0 Å². The Morgan fingerprint density at radius 3 is 2.62 bits per heavy atom. The van der Waals surface area contributed by atoms with Crippen molar-refractivity contribution in [3.63, 3.8) is 0 Å². The normalized spacial score (nSPS) is 13.6. The van der Waals surface area contributed by atoms with Gasteiger partial charge in [-0.2, -0.15) is 0 Å². The molecule has 0 N–H and O–H groups in total. The number of rotatable bonds is 8. The molecule has 0 radical (unpaired) electrons. The summed E-state index contributed by atoms with van der Waals surface area (Å²) in [4.78, 5) is 18.5. The number of thiophene rings is 1. The van der Waals surface area contributed by atoms with E-state index in [1.165, 1.54) is 10.4 Å². The molecule has 2 heterocycles. The van der Waals surface area contributed by atoms with Gasteiger partial charge in [0.2, 0.25) is 5.90 Å². The van der Waals surface area contributed by atoms with Gasteiger partial charge in [-0.1, -0.05) is 18.6 Å². The van der Waals surface area contributed by atoms with Crippen LogP contribution < -0.4 is 0 Å². The van der Waals surface area contributed by atoms with Crippen molar-refractivity contribution in [2.45, 2.75) is 39.0 Å². The highest BCUT2D eigenvalue weighted by Gasteiger charge is 2.10. The highest BCUT2D eigenvalue weighted by Crippen LogP contribution is 2.18. The first kappa shape index (κ1) is 16.9. The Balaban J connectivity index is 1.36. The number of carbonyl (C=O) groups is 1. The molecular formula is C20H23NO2S. The van der Waals surface area contributed by atoms with Gasteiger partial charge in [0, 0.05) is 16.9 Å². The number of aliphatic imine (C=N–C) groups is 1. The number of ether oxygens (including phenoxy) is 1. The molecule has 1 aromatic carbocycles. The van der Waals surface area contributed by atoms with Gasteiger partial charge in [-0.25, -0.2) is 4.99 Å². The van der Waals surface area contributed by atoms with Gasteiger partial charge in [-0.3, -0.25) is 4.79 Å². The molecule has 0 atom stereocenters. The second kappa shape index (κ2) is 8.25. The van der Waals surface area contributed by atoms with E-state index in [4.69, 9.17) is 4.74 Å². The number of ketones is 1. The maximum atomic E-state index is 12.0. The van der Waals surface area contributed by atoms with Crippen LogP contribution in [-0.4, -0.2) is 24.8 Å². The second-order valence-electron chi connectivity index (χ2n) is 6.13. The fourth-order valence-electron chi connectivity index (χ4n) is 2.82. The summed E-state index contributed by atoms with van der Waals surface area (Å²) in [5, 5.41) is 0. The van der Waals surface area contributed by atoms with Gasteiger partial charge in [0.05, 0.1) is 11.4 Å². The third kappa shape index (κ3) is 4.54. The largest absolute Gasteiger partial charge is 0.476 e. The molecule has 0 spiro atoms. The van der Waals surface area contributed by atoms with E-state index in [9.17, 15) is 4.79 Å². The molecule has 0 bridgehead atoms. The molecule has 0 unspecified atom stereocenters. The molecule has 1 aromatic heterocycles. The van der Waals surface area contributed by atoms with Gasteiger partial charge in [-0.05, 0) is 56.0 Å². The summed E-state index contributed by atoms with van der Waals surface area (Å²) in [5.41, 5.74) is 2.39. The number of aryl methyl sites for hydroxylation is 2. The van der Waals surface area contributed by atoms with Crippen molar-refractivity contribution in [1.82, 2.24) is 0 Å². The molecular weight excluding hydrogens is 318 g/mol. The minimum atomic E-state index is 0.287. The van der Waals surface area contributed by atoms with Crippen LogP contribution in [0.25, 0.3) is 0 Å². The average molecular weight is 341 g/mol. The van der Waals surface area contributed by atoms with Crippen LogP contribution in [0.3, 0.4) is 0 Å². The van der Waals surface area contributed by atoms with Gasteiger partial charge >= 0.3 is 0 Å². The predicted molar refractivity (Wildman–Crippen MR) is 99.4 cm³/mol. The summed E-state index contributed by atoms with van der Waals surface area (Å²) in [5.74, 6) is 1.05. The molecule has 0 saturated carbocycles. The lowest BCUT2D eigenvalue weighted by molar-refractivity contribution is 0.0983. The molecule has 1 aliphatic rings. The fourth-order valence-corrected chi connectivity index (χ4v) is 3.66. The van der Waals surface area contributed by atoms with E-state index in [0.717, 1.165) is 48.6 Å². The maximum absolute atomic E-state index is 12.0. The highest BCUT2D eigenvalue weighted by atomic mass is 32.1. The molecule has 3 nitrogen and oxygen atoms in total. The van der Waals surface area contributed by atoms with E-state index in [0.29, 0.717) is 13.0 Å². The Bertz CT molecular complexity index is 715. The monoisotopic (exact) mass is 341 g/mol. The molecule has 0 amide bonds. The number of Topliss-reactive ketones (excluding diaryl/α,β-unsaturated/α-hetero) is 1. The average Bonchev–Trinajstić information content (AvgIpc) is 3.26. The number of nitrogens with zero attached hydrogens (tertiary/aromatic N) is 1. The van der Waals surface area contributed by atoms with Crippen molar-refractivity contribution in [2.75, 3.05) is 13.2 Å². The Morgan fingerprint density at radius 2 is 1.96 bits per heavy atom. The van der Waals surface area contributed by atoms with Crippen molar-refractivity contribution in [3.8, 4) is 0 Å². The quantitative estimate of drug-likeness (QED) is 0.510. The molecule has 4 heteroatoms. The second-order valence-corrected chi connectivity index (χ2v) is 7.41. The van der Waals surface area contributed by atoms with E-state index in [2.05, 4.69) is 29.3 Å². The lowest BCUT2D eigenvalue weighted by atomic mass is 10.0. The van der Waals surface area contributed by atoms with Crippen molar-refractivity contribution in [3.05, 3.63) is 57.3 Å². The topological polar surface area (TPSA) is 38.7 Å². The summed E-state index contributed by atoms with van der Waals surface area (Å²) in [7, 11) is 0. The summed E-state index contributed by atoms with van der Waals surface area (Å²) < 4.78 is 5.47. The standard InChI is InChI=1S/C20H23NO2S/c1-15-7-12-19(24-15)18(22)6-4-2-3-5-16-8-10-17(11-9-16)20-21-13-14-23-20/h7-12H,2-6,13-14H2,1H3.